The number of hydrogen-bond donors (Lipinski definition) is 2. The molecule has 1 atom stereocenters. The number of ether oxygens (including phenoxy) is 1. The summed E-state index contributed by atoms with van der Waals surface area (Å²) < 4.78 is 10.5. The number of carboxylic acids is 1. The van der Waals surface area contributed by atoms with Crippen LogP contribution in [0.25, 0.3) is 0 Å². The molecule has 2 N–H and O–H groups in total. The molecule has 122 valence electrons. The number of carbonyl (C=O) groups is 2. The van der Waals surface area contributed by atoms with Gasteiger partial charge in [0.25, 0.3) is 5.91 Å². The molecule has 1 aromatic heterocycles. The lowest BCUT2D eigenvalue weighted by molar-refractivity contribution is -0.139. The van der Waals surface area contributed by atoms with Crippen molar-refractivity contribution in [2.45, 2.75) is 26.8 Å². The number of aliphatic carboxylic acids is 1. The SMILES string of the molecule is Cc1cc(C)c(C(=O)NC(C)c2ccc(OCC(=O)O)cc2)o1. The number of furan rings is 1. The Kier molecular flexibility index (Phi) is 5.05. The maximum Gasteiger partial charge on any atom is 0.341 e. The molecule has 1 amide bonds. The van der Waals surface area contributed by atoms with Gasteiger partial charge in [0, 0.05) is 5.56 Å². The van der Waals surface area contributed by atoms with Crippen molar-refractivity contribution in [2.75, 3.05) is 6.61 Å². The van der Waals surface area contributed by atoms with Gasteiger partial charge < -0.3 is 19.6 Å². The van der Waals surface area contributed by atoms with Gasteiger partial charge in [-0.15, -0.1) is 0 Å². The number of rotatable bonds is 6. The topological polar surface area (TPSA) is 88.8 Å². The number of nitrogens with one attached hydrogen (secondary N) is 1. The zero-order chi connectivity index (χ0) is 17.0. The Morgan fingerprint density at radius 2 is 1.91 bits per heavy atom. The molecule has 0 bridgehead atoms. The van der Waals surface area contributed by atoms with Crippen molar-refractivity contribution in [1.29, 1.82) is 0 Å². The Labute approximate surface area is 134 Å². The molecule has 0 saturated carbocycles. The quantitative estimate of drug-likeness (QED) is 0.855. The number of carboxylic acid groups (broad SMARTS) is 1. The summed E-state index contributed by atoms with van der Waals surface area (Å²) in [5.41, 5.74) is 1.67. The lowest BCUT2D eigenvalue weighted by Crippen LogP contribution is -2.26. The summed E-state index contributed by atoms with van der Waals surface area (Å²) in [6.07, 6.45) is 0. The Morgan fingerprint density at radius 1 is 1.26 bits per heavy atom. The Balaban J connectivity index is 2.00. The number of amides is 1. The molecule has 2 rings (SSSR count). The second-order valence-electron chi connectivity index (χ2n) is 5.32. The molecular weight excluding hydrogens is 298 g/mol. The lowest BCUT2D eigenvalue weighted by atomic mass is 10.1. The van der Waals surface area contributed by atoms with Crippen LogP contribution in [0.4, 0.5) is 0 Å². The Morgan fingerprint density at radius 3 is 2.43 bits per heavy atom. The van der Waals surface area contributed by atoms with E-state index in [0.717, 1.165) is 11.1 Å². The van der Waals surface area contributed by atoms with Gasteiger partial charge in [-0.2, -0.15) is 0 Å². The van der Waals surface area contributed by atoms with Crippen molar-refractivity contribution in [1.82, 2.24) is 5.32 Å². The number of benzene rings is 1. The molecule has 0 saturated heterocycles. The van der Waals surface area contributed by atoms with E-state index >= 15 is 0 Å². The average molecular weight is 317 g/mol. The van der Waals surface area contributed by atoms with Crippen LogP contribution in [0.1, 0.15) is 40.4 Å². The molecule has 6 nitrogen and oxygen atoms in total. The summed E-state index contributed by atoms with van der Waals surface area (Å²) in [5, 5.41) is 11.4. The van der Waals surface area contributed by atoms with Crippen LogP contribution in [0, 0.1) is 13.8 Å². The second-order valence-corrected chi connectivity index (χ2v) is 5.32. The van der Waals surface area contributed by atoms with Crippen LogP contribution in [-0.4, -0.2) is 23.6 Å². The normalized spacial score (nSPS) is 11.8. The number of hydrogen-bond acceptors (Lipinski definition) is 4. The fourth-order valence-corrected chi connectivity index (χ4v) is 2.21. The summed E-state index contributed by atoms with van der Waals surface area (Å²) >= 11 is 0. The number of aryl methyl sites for hydroxylation is 2. The molecule has 0 spiro atoms. The monoisotopic (exact) mass is 317 g/mol. The van der Waals surface area contributed by atoms with E-state index in [1.807, 2.05) is 19.9 Å². The summed E-state index contributed by atoms with van der Waals surface area (Å²) in [6, 6.07) is 8.49. The van der Waals surface area contributed by atoms with Gasteiger partial charge in [0.1, 0.15) is 11.5 Å². The third-order valence-corrected chi connectivity index (χ3v) is 3.34. The minimum Gasteiger partial charge on any atom is -0.482 e. The largest absolute Gasteiger partial charge is 0.482 e. The minimum atomic E-state index is -1.03. The first kappa shape index (κ1) is 16.6. The van der Waals surface area contributed by atoms with Gasteiger partial charge in [0.05, 0.1) is 6.04 Å². The van der Waals surface area contributed by atoms with Crippen molar-refractivity contribution in [2.24, 2.45) is 0 Å². The summed E-state index contributed by atoms with van der Waals surface area (Å²) in [4.78, 5) is 22.7. The Hall–Kier alpha value is -2.76. The predicted octanol–water partition coefficient (Wildman–Crippen LogP) is 2.85. The lowest BCUT2D eigenvalue weighted by Gasteiger charge is -2.14. The van der Waals surface area contributed by atoms with Crippen molar-refractivity contribution in [3.05, 3.63) is 53.0 Å². The molecule has 0 aliphatic rings. The van der Waals surface area contributed by atoms with Crippen LogP contribution in [0.15, 0.2) is 34.7 Å². The molecule has 1 unspecified atom stereocenters. The van der Waals surface area contributed by atoms with Gasteiger partial charge in [0.15, 0.2) is 12.4 Å². The van der Waals surface area contributed by atoms with E-state index in [4.69, 9.17) is 14.3 Å². The fourth-order valence-electron chi connectivity index (χ4n) is 2.21. The molecular formula is C17H19NO5. The van der Waals surface area contributed by atoms with E-state index in [-0.39, 0.29) is 18.6 Å². The van der Waals surface area contributed by atoms with E-state index in [0.29, 0.717) is 17.3 Å². The third-order valence-electron chi connectivity index (χ3n) is 3.34. The molecule has 1 heterocycles. The molecule has 0 aliphatic heterocycles. The van der Waals surface area contributed by atoms with Crippen molar-refractivity contribution in [3.8, 4) is 5.75 Å². The zero-order valence-electron chi connectivity index (χ0n) is 13.3. The Bertz CT molecular complexity index is 702. The summed E-state index contributed by atoms with van der Waals surface area (Å²) in [7, 11) is 0. The minimum absolute atomic E-state index is 0.221. The van der Waals surface area contributed by atoms with Crippen molar-refractivity contribution >= 4 is 11.9 Å². The molecule has 0 aliphatic carbocycles. The van der Waals surface area contributed by atoms with E-state index in [2.05, 4.69) is 5.32 Å². The van der Waals surface area contributed by atoms with E-state index in [9.17, 15) is 9.59 Å². The van der Waals surface area contributed by atoms with E-state index in [1.54, 1.807) is 31.2 Å². The first-order chi connectivity index (χ1) is 10.9. The van der Waals surface area contributed by atoms with Crippen LogP contribution in [0.3, 0.4) is 0 Å². The first-order valence-corrected chi connectivity index (χ1v) is 7.19. The van der Waals surface area contributed by atoms with Gasteiger partial charge in [-0.1, -0.05) is 12.1 Å². The van der Waals surface area contributed by atoms with Crippen LogP contribution in [-0.2, 0) is 4.79 Å². The van der Waals surface area contributed by atoms with Crippen LogP contribution < -0.4 is 10.1 Å². The molecule has 2 aromatic rings. The van der Waals surface area contributed by atoms with Gasteiger partial charge in [-0.25, -0.2) is 4.79 Å². The van der Waals surface area contributed by atoms with Gasteiger partial charge in [-0.3, -0.25) is 4.79 Å². The van der Waals surface area contributed by atoms with E-state index in [1.165, 1.54) is 0 Å². The molecule has 0 fully saturated rings. The summed E-state index contributed by atoms with van der Waals surface area (Å²) in [6.45, 7) is 5.09. The van der Waals surface area contributed by atoms with Crippen molar-refractivity contribution in [3.63, 3.8) is 0 Å². The number of carbonyl (C=O) groups excluding carboxylic acids is 1. The van der Waals surface area contributed by atoms with Crippen molar-refractivity contribution < 1.29 is 23.8 Å². The van der Waals surface area contributed by atoms with Gasteiger partial charge in [-0.05, 0) is 44.5 Å². The fraction of sp³-hybridized carbons (Fsp3) is 0.294. The highest BCUT2D eigenvalue weighted by Crippen LogP contribution is 2.19. The van der Waals surface area contributed by atoms with Gasteiger partial charge in [0.2, 0.25) is 0 Å². The van der Waals surface area contributed by atoms with E-state index < -0.39 is 5.97 Å². The van der Waals surface area contributed by atoms with Crippen LogP contribution >= 0.6 is 0 Å². The maximum atomic E-state index is 12.2. The van der Waals surface area contributed by atoms with Crippen LogP contribution in [0.5, 0.6) is 5.75 Å². The molecule has 23 heavy (non-hydrogen) atoms. The highest BCUT2D eigenvalue weighted by atomic mass is 16.5. The summed E-state index contributed by atoms with van der Waals surface area (Å²) in [5.74, 6) is 0.177. The average Bonchev–Trinajstić information content (AvgIpc) is 2.84. The molecule has 0 radical (unpaired) electrons. The maximum absolute atomic E-state index is 12.2. The standard InChI is InChI=1S/C17H19NO5/c1-10-8-11(2)23-16(10)17(21)18-12(3)13-4-6-14(7-5-13)22-9-15(19)20/h4-8,12H,9H2,1-3H3,(H,18,21)(H,19,20). The first-order valence-electron chi connectivity index (χ1n) is 7.19. The van der Waals surface area contributed by atoms with Gasteiger partial charge >= 0.3 is 5.97 Å². The highest BCUT2D eigenvalue weighted by molar-refractivity contribution is 5.93. The molecule has 1 aromatic carbocycles. The predicted molar refractivity (Wildman–Crippen MR) is 83.6 cm³/mol. The third kappa shape index (κ3) is 4.35. The second kappa shape index (κ2) is 7.00. The smallest absolute Gasteiger partial charge is 0.341 e. The highest BCUT2D eigenvalue weighted by Gasteiger charge is 2.17. The van der Waals surface area contributed by atoms with Crippen LogP contribution in [0.2, 0.25) is 0 Å². The zero-order valence-corrected chi connectivity index (χ0v) is 13.3. The molecule has 6 heteroatoms.